The fourth-order valence-electron chi connectivity index (χ4n) is 5.88. The first-order valence-electron chi connectivity index (χ1n) is 15.2. The number of primary amides is 1. The molecule has 2 aromatic carbocycles. The number of benzene rings is 2. The Bertz CT molecular complexity index is 1980. The Kier molecular flexibility index (Phi) is 8.98. The van der Waals surface area contributed by atoms with Crippen LogP contribution >= 0.6 is 11.3 Å². The van der Waals surface area contributed by atoms with Crippen molar-refractivity contribution in [2.45, 2.75) is 43.9 Å². The third kappa shape index (κ3) is 6.30. The zero-order valence-corrected chi connectivity index (χ0v) is 27.6. The third-order valence-corrected chi connectivity index (χ3v) is 10.9. The van der Waals surface area contributed by atoms with Crippen LogP contribution in [0.3, 0.4) is 0 Å². The van der Waals surface area contributed by atoms with E-state index in [9.17, 15) is 13.2 Å². The van der Waals surface area contributed by atoms with Crippen LogP contribution in [-0.4, -0.2) is 59.9 Å². The number of carbonyl (C=O) groups is 1. The number of hydrogen-bond donors (Lipinski definition) is 3. The van der Waals surface area contributed by atoms with Crippen LogP contribution in [0, 0.1) is 6.92 Å². The van der Waals surface area contributed by atoms with Gasteiger partial charge in [0, 0.05) is 6.20 Å². The molecule has 1 fully saturated rings. The molecule has 0 spiro atoms. The van der Waals surface area contributed by atoms with Gasteiger partial charge in [0.2, 0.25) is 5.95 Å². The maximum absolute atomic E-state index is 13.8. The normalized spacial score (nSPS) is 14.4. The molecule has 0 radical (unpaired) electrons. The van der Waals surface area contributed by atoms with E-state index in [4.69, 9.17) is 15.5 Å². The van der Waals surface area contributed by atoms with E-state index in [1.807, 2.05) is 13.0 Å². The van der Waals surface area contributed by atoms with Gasteiger partial charge in [-0.15, -0.1) is 11.3 Å². The molecule has 5 aromatic rings. The molecule has 11 nitrogen and oxygen atoms in total. The van der Waals surface area contributed by atoms with Crippen LogP contribution in [0.4, 0.5) is 23.1 Å². The largest absolute Gasteiger partial charge is 0.495 e. The summed E-state index contributed by atoms with van der Waals surface area (Å²) in [5.74, 6) is 0.939. The summed E-state index contributed by atoms with van der Waals surface area (Å²) in [6, 6.07) is 16.1. The molecule has 13 heteroatoms. The number of thiophene rings is 1. The maximum Gasteiger partial charge on any atom is 0.269 e. The number of likely N-dealkylation sites (tertiary alicyclic amines) is 1. The standard InChI is InChI=1S/C33H37N7O4S2/c1-4-15-39-16-11-22(12-17-39)23-7-10-26(28(20-23)44-3)36-33-37-31(35-27-14-19-45-29(27)30(34)41)25-13-18-40(32(25)38-33)46(42,43)24-8-5-21(2)6-9-24/h5-10,13-14,18-20,22H,4,11-12,15-17H2,1-3H3,(H2,34,41)(H2,35,36,37,38). The number of fused-ring (bicyclic) bond motifs is 1. The lowest BCUT2D eigenvalue weighted by molar-refractivity contribution is 0.100. The number of ether oxygens (including phenoxy) is 1. The smallest absolute Gasteiger partial charge is 0.269 e. The fourth-order valence-corrected chi connectivity index (χ4v) is 7.88. The molecule has 1 saturated heterocycles. The average Bonchev–Trinajstić information content (AvgIpc) is 3.70. The SMILES string of the molecule is CCCN1CCC(c2ccc(Nc3nc(Nc4ccsc4C(N)=O)c4ccn(S(=O)(=O)c5ccc(C)cc5)c4n3)c(OC)c2)CC1. The number of carbonyl (C=O) groups excluding carboxylic acids is 1. The van der Waals surface area contributed by atoms with Gasteiger partial charge in [0.1, 0.15) is 16.4 Å². The summed E-state index contributed by atoms with van der Waals surface area (Å²) in [6.07, 6.45) is 4.79. The summed E-state index contributed by atoms with van der Waals surface area (Å²) >= 11 is 1.20. The maximum atomic E-state index is 13.8. The molecular weight excluding hydrogens is 623 g/mol. The number of piperidine rings is 1. The van der Waals surface area contributed by atoms with Crippen molar-refractivity contribution >= 4 is 61.4 Å². The molecule has 4 N–H and O–H groups in total. The molecular formula is C33H37N7O4S2. The van der Waals surface area contributed by atoms with Gasteiger partial charge in [-0.25, -0.2) is 12.4 Å². The molecule has 0 saturated carbocycles. The number of methoxy groups -OCH3 is 1. The van der Waals surface area contributed by atoms with Crippen LogP contribution in [-0.2, 0) is 10.0 Å². The molecule has 0 aliphatic carbocycles. The molecule has 0 atom stereocenters. The highest BCUT2D eigenvalue weighted by Crippen LogP contribution is 2.36. The summed E-state index contributed by atoms with van der Waals surface area (Å²) in [5, 5.41) is 8.62. The predicted molar refractivity (Wildman–Crippen MR) is 182 cm³/mol. The predicted octanol–water partition coefficient (Wildman–Crippen LogP) is 6.22. The molecule has 0 unspecified atom stereocenters. The van der Waals surface area contributed by atoms with Gasteiger partial charge in [-0.1, -0.05) is 30.7 Å². The number of rotatable bonds is 11. The highest BCUT2D eigenvalue weighted by atomic mass is 32.2. The fraction of sp³-hybridized carbons (Fsp3) is 0.303. The van der Waals surface area contributed by atoms with Gasteiger partial charge in [-0.3, -0.25) is 4.79 Å². The van der Waals surface area contributed by atoms with Crippen molar-refractivity contribution in [3.63, 3.8) is 0 Å². The Morgan fingerprint density at radius 1 is 1.04 bits per heavy atom. The van der Waals surface area contributed by atoms with Crippen molar-refractivity contribution < 1.29 is 17.9 Å². The lowest BCUT2D eigenvalue weighted by Gasteiger charge is -2.32. The Morgan fingerprint density at radius 2 is 1.80 bits per heavy atom. The summed E-state index contributed by atoms with van der Waals surface area (Å²) < 4.78 is 34.5. The number of amides is 1. The van der Waals surface area contributed by atoms with E-state index in [1.165, 1.54) is 23.1 Å². The lowest BCUT2D eigenvalue weighted by atomic mass is 9.89. The van der Waals surface area contributed by atoms with Crippen LogP contribution in [0.5, 0.6) is 5.75 Å². The van der Waals surface area contributed by atoms with Crippen molar-refractivity contribution in [3.8, 4) is 5.75 Å². The minimum Gasteiger partial charge on any atom is -0.495 e. The zero-order chi connectivity index (χ0) is 32.4. The highest BCUT2D eigenvalue weighted by Gasteiger charge is 2.24. The average molecular weight is 660 g/mol. The van der Waals surface area contributed by atoms with Crippen molar-refractivity contribution in [1.82, 2.24) is 18.8 Å². The van der Waals surface area contributed by atoms with Gasteiger partial charge in [-0.05, 0) is 99.1 Å². The molecule has 1 aliphatic heterocycles. The first kappa shape index (κ1) is 31.5. The van der Waals surface area contributed by atoms with Crippen LogP contribution < -0.4 is 21.1 Å². The monoisotopic (exact) mass is 659 g/mol. The number of aromatic nitrogens is 3. The summed E-state index contributed by atoms with van der Waals surface area (Å²) in [6.45, 7) is 7.40. The minimum absolute atomic E-state index is 0.130. The van der Waals surface area contributed by atoms with Crippen LogP contribution in [0.2, 0.25) is 0 Å². The number of nitrogens with zero attached hydrogens (tertiary/aromatic N) is 4. The van der Waals surface area contributed by atoms with Gasteiger partial charge in [0.15, 0.2) is 5.65 Å². The Morgan fingerprint density at radius 3 is 2.50 bits per heavy atom. The molecule has 1 aliphatic rings. The van der Waals surface area contributed by atoms with E-state index < -0.39 is 15.9 Å². The molecule has 6 rings (SSSR count). The summed E-state index contributed by atoms with van der Waals surface area (Å²) in [7, 11) is -2.38. The molecule has 3 aromatic heterocycles. The topological polar surface area (TPSA) is 144 Å². The second-order valence-corrected chi connectivity index (χ2v) is 14.1. The molecule has 240 valence electrons. The van der Waals surface area contributed by atoms with E-state index in [0.29, 0.717) is 39.1 Å². The van der Waals surface area contributed by atoms with Crippen LogP contribution in [0.25, 0.3) is 11.0 Å². The number of nitrogens with two attached hydrogens (primary N) is 1. The number of nitrogens with one attached hydrogen (secondary N) is 2. The minimum atomic E-state index is -4.00. The quantitative estimate of drug-likeness (QED) is 0.150. The molecule has 4 heterocycles. The summed E-state index contributed by atoms with van der Waals surface area (Å²) in [4.78, 5) is 24.4. The number of hydrogen-bond acceptors (Lipinski definition) is 10. The van der Waals surface area contributed by atoms with E-state index in [1.54, 1.807) is 48.9 Å². The lowest BCUT2D eigenvalue weighted by Crippen LogP contribution is -2.33. The molecule has 1 amide bonds. The second-order valence-electron chi connectivity index (χ2n) is 11.4. The van der Waals surface area contributed by atoms with E-state index in [0.717, 1.165) is 48.4 Å². The third-order valence-electron chi connectivity index (χ3n) is 8.30. The van der Waals surface area contributed by atoms with Gasteiger partial charge in [-0.2, -0.15) is 9.97 Å². The van der Waals surface area contributed by atoms with Crippen LogP contribution in [0.15, 0.2) is 71.1 Å². The van der Waals surface area contributed by atoms with E-state index in [-0.39, 0.29) is 16.5 Å². The first-order valence-corrected chi connectivity index (χ1v) is 17.5. The van der Waals surface area contributed by atoms with Gasteiger partial charge >= 0.3 is 0 Å². The van der Waals surface area contributed by atoms with Crippen molar-refractivity contribution in [2.24, 2.45) is 5.73 Å². The van der Waals surface area contributed by atoms with Crippen molar-refractivity contribution in [2.75, 3.05) is 37.4 Å². The van der Waals surface area contributed by atoms with E-state index in [2.05, 4.69) is 39.6 Å². The highest BCUT2D eigenvalue weighted by molar-refractivity contribution is 7.90. The number of aryl methyl sites for hydroxylation is 1. The Hall–Kier alpha value is -4.46. The van der Waals surface area contributed by atoms with Gasteiger partial charge in [0.25, 0.3) is 15.9 Å². The van der Waals surface area contributed by atoms with Gasteiger partial charge in [0.05, 0.1) is 28.8 Å². The van der Waals surface area contributed by atoms with E-state index >= 15 is 0 Å². The zero-order valence-electron chi connectivity index (χ0n) is 26.0. The van der Waals surface area contributed by atoms with Gasteiger partial charge < -0.3 is 26.0 Å². The van der Waals surface area contributed by atoms with Crippen molar-refractivity contribution in [3.05, 3.63) is 82.2 Å². The first-order chi connectivity index (χ1) is 22.2. The molecule has 46 heavy (non-hydrogen) atoms. The Balaban J connectivity index is 1.39. The Labute approximate surface area is 272 Å². The van der Waals surface area contributed by atoms with Crippen LogP contribution in [0.1, 0.15) is 52.9 Å². The van der Waals surface area contributed by atoms with Crippen molar-refractivity contribution in [1.29, 1.82) is 0 Å². The molecule has 0 bridgehead atoms. The number of anilines is 4. The summed E-state index contributed by atoms with van der Waals surface area (Å²) in [5.41, 5.74) is 9.01. The second kappa shape index (κ2) is 13.1.